The van der Waals surface area contributed by atoms with E-state index in [-0.39, 0.29) is 12.1 Å². The first-order valence-electron chi connectivity index (χ1n) is 6.98. The van der Waals surface area contributed by atoms with Crippen LogP contribution in [-0.2, 0) is 13.6 Å². The van der Waals surface area contributed by atoms with Gasteiger partial charge in [0.25, 0.3) is 0 Å². The Hall–Kier alpha value is -0.870. The molecule has 102 valence electrons. The molecule has 1 aliphatic carbocycles. The first kappa shape index (κ1) is 13.6. The van der Waals surface area contributed by atoms with Crippen LogP contribution in [-0.4, -0.2) is 26.8 Å². The number of hydrogen-bond acceptors (Lipinski definition) is 3. The van der Waals surface area contributed by atoms with Gasteiger partial charge >= 0.3 is 0 Å². The Kier molecular flexibility index (Phi) is 4.40. The molecular formula is C14H25N3O. The van der Waals surface area contributed by atoms with Gasteiger partial charge in [-0.05, 0) is 25.7 Å². The van der Waals surface area contributed by atoms with E-state index in [9.17, 15) is 5.11 Å². The zero-order valence-corrected chi connectivity index (χ0v) is 11.5. The van der Waals surface area contributed by atoms with Crippen molar-refractivity contribution in [1.29, 1.82) is 0 Å². The predicted octanol–water partition coefficient (Wildman–Crippen LogP) is 1.84. The van der Waals surface area contributed by atoms with E-state index in [4.69, 9.17) is 0 Å². The lowest BCUT2D eigenvalue weighted by Gasteiger charge is -2.39. The summed E-state index contributed by atoms with van der Waals surface area (Å²) in [5.41, 5.74) is -0.174. The van der Waals surface area contributed by atoms with Crippen LogP contribution in [0.1, 0.15) is 44.9 Å². The summed E-state index contributed by atoms with van der Waals surface area (Å²) >= 11 is 0. The Morgan fingerprint density at radius 3 is 2.72 bits per heavy atom. The summed E-state index contributed by atoms with van der Waals surface area (Å²) in [6, 6.07) is 0. The molecule has 0 aromatic carbocycles. The number of hydrogen-bond donors (Lipinski definition) is 2. The van der Waals surface area contributed by atoms with Crippen molar-refractivity contribution in [2.24, 2.45) is 13.0 Å². The molecule has 2 N–H and O–H groups in total. The molecule has 0 spiro atoms. The third-order valence-electron chi connectivity index (χ3n) is 4.41. The highest BCUT2D eigenvalue weighted by Gasteiger charge is 2.34. The van der Waals surface area contributed by atoms with Gasteiger partial charge in [0.2, 0.25) is 0 Å². The van der Waals surface area contributed by atoms with E-state index in [0.717, 1.165) is 12.4 Å². The van der Waals surface area contributed by atoms with Crippen LogP contribution in [0.2, 0.25) is 0 Å². The average molecular weight is 251 g/mol. The number of aliphatic hydroxyl groups excluding tert-OH is 1. The van der Waals surface area contributed by atoms with E-state index in [2.05, 4.69) is 17.2 Å². The van der Waals surface area contributed by atoms with Crippen molar-refractivity contribution in [3.8, 4) is 0 Å². The van der Waals surface area contributed by atoms with Gasteiger partial charge in [-0.25, -0.2) is 4.98 Å². The minimum absolute atomic E-state index is 0.174. The maximum absolute atomic E-state index is 9.75. The largest absolute Gasteiger partial charge is 0.394 e. The lowest BCUT2D eigenvalue weighted by atomic mass is 9.76. The van der Waals surface area contributed by atoms with Crippen molar-refractivity contribution in [1.82, 2.24) is 14.9 Å². The van der Waals surface area contributed by atoms with Gasteiger partial charge < -0.3 is 15.0 Å². The summed E-state index contributed by atoms with van der Waals surface area (Å²) < 4.78 is 2.02. The Morgan fingerprint density at radius 1 is 1.44 bits per heavy atom. The molecule has 0 amide bonds. The first-order chi connectivity index (χ1) is 8.65. The van der Waals surface area contributed by atoms with Gasteiger partial charge in [0.15, 0.2) is 0 Å². The van der Waals surface area contributed by atoms with E-state index in [0.29, 0.717) is 5.92 Å². The van der Waals surface area contributed by atoms with Gasteiger partial charge in [0.05, 0.1) is 13.2 Å². The molecule has 1 fully saturated rings. The molecule has 1 heterocycles. The minimum atomic E-state index is -0.174. The lowest BCUT2D eigenvalue weighted by Crippen LogP contribution is -2.52. The summed E-state index contributed by atoms with van der Waals surface area (Å²) in [6.45, 7) is 3.06. The molecule has 0 bridgehead atoms. The Balaban J connectivity index is 1.96. The molecule has 2 rings (SSSR count). The number of imidazole rings is 1. The molecule has 0 radical (unpaired) electrons. The van der Waals surface area contributed by atoms with Gasteiger partial charge in [0.1, 0.15) is 5.82 Å². The fourth-order valence-electron chi connectivity index (χ4n) is 2.92. The number of aryl methyl sites for hydroxylation is 1. The maximum atomic E-state index is 9.75. The first-order valence-corrected chi connectivity index (χ1v) is 6.98. The van der Waals surface area contributed by atoms with Crippen LogP contribution in [0.15, 0.2) is 12.4 Å². The van der Waals surface area contributed by atoms with Crippen molar-refractivity contribution in [3.63, 3.8) is 0 Å². The maximum Gasteiger partial charge on any atom is 0.122 e. The zero-order valence-electron chi connectivity index (χ0n) is 11.5. The van der Waals surface area contributed by atoms with Gasteiger partial charge in [-0.15, -0.1) is 0 Å². The molecule has 1 unspecified atom stereocenters. The van der Waals surface area contributed by atoms with E-state index >= 15 is 0 Å². The summed E-state index contributed by atoms with van der Waals surface area (Å²) in [7, 11) is 2.00. The van der Waals surface area contributed by atoms with E-state index in [1.807, 2.05) is 24.0 Å². The van der Waals surface area contributed by atoms with Crippen molar-refractivity contribution < 1.29 is 5.11 Å². The van der Waals surface area contributed by atoms with Gasteiger partial charge in [-0.1, -0.05) is 19.3 Å². The molecule has 0 saturated heterocycles. The summed E-state index contributed by atoms with van der Waals surface area (Å²) in [6.07, 6.45) is 10.2. The summed E-state index contributed by atoms with van der Waals surface area (Å²) in [4.78, 5) is 4.32. The second-order valence-corrected chi connectivity index (χ2v) is 5.72. The number of nitrogens with one attached hydrogen (secondary N) is 1. The number of aliphatic hydroxyl groups is 1. The summed E-state index contributed by atoms with van der Waals surface area (Å²) in [5, 5.41) is 13.3. The third-order valence-corrected chi connectivity index (χ3v) is 4.41. The average Bonchev–Trinajstić information content (AvgIpc) is 2.83. The molecule has 1 aliphatic rings. The van der Waals surface area contributed by atoms with Crippen LogP contribution in [0.5, 0.6) is 0 Å². The molecule has 18 heavy (non-hydrogen) atoms. The molecule has 0 aliphatic heterocycles. The van der Waals surface area contributed by atoms with Crippen LogP contribution in [0, 0.1) is 5.92 Å². The molecule has 1 atom stereocenters. The Morgan fingerprint density at radius 2 is 2.17 bits per heavy atom. The Bertz CT molecular complexity index is 371. The second kappa shape index (κ2) is 5.85. The third kappa shape index (κ3) is 2.93. The number of aromatic nitrogens is 2. The molecular weight excluding hydrogens is 226 g/mol. The number of rotatable bonds is 5. The van der Waals surface area contributed by atoms with Crippen LogP contribution in [0.3, 0.4) is 0 Å². The molecule has 1 saturated carbocycles. The Labute approximate surface area is 109 Å². The van der Waals surface area contributed by atoms with Gasteiger partial charge in [0, 0.05) is 25.0 Å². The van der Waals surface area contributed by atoms with Crippen LogP contribution >= 0.6 is 0 Å². The van der Waals surface area contributed by atoms with Crippen LogP contribution < -0.4 is 5.32 Å². The highest BCUT2D eigenvalue weighted by Crippen LogP contribution is 2.32. The standard InChI is InChI=1S/C14H25N3O/c1-14(11-18,12-6-4-3-5-7-12)16-10-13-15-8-9-17(13)2/h8-9,12,16,18H,3-7,10-11H2,1-2H3. The quantitative estimate of drug-likeness (QED) is 0.839. The fourth-order valence-corrected chi connectivity index (χ4v) is 2.92. The fraction of sp³-hybridized carbons (Fsp3) is 0.786. The molecule has 1 aromatic heterocycles. The van der Waals surface area contributed by atoms with Crippen molar-refractivity contribution in [3.05, 3.63) is 18.2 Å². The van der Waals surface area contributed by atoms with Crippen LogP contribution in [0.4, 0.5) is 0 Å². The van der Waals surface area contributed by atoms with Gasteiger partial charge in [-0.2, -0.15) is 0 Å². The van der Waals surface area contributed by atoms with Crippen molar-refractivity contribution in [2.75, 3.05) is 6.61 Å². The van der Waals surface area contributed by atoms with Crippen LogP contribution in [0.25, 0.3) is 0 Å². The van der Waals surface area contributed by atoms with Crippen molar-refractivity contribution in [2.45, 2.75) is 51.1 Å². The molecule has 4 nitrogen and oxygen atoms in total. The highest BCUT2D eigenvalue weighted by atomic mass is 16.3. The zero-order chi connectivity index (χ0) is 13.0. The van der Waals surface area contributed by atoms with Gasteiger partial charge in [-0.3, -0.25) is 0 Å². The topological polar surface area (TPSA) is 50.1 Å². The number of nitrogens with zero attached hydrogens (tertiary/aromatic N) is 2. The second-order valence-electron chi connectivity index (χ2n) is 5.72. The molecule has 4 heteroatoms. The smallest absolute Gasteiger partial charge is 0.122 e. The summed E-state index contributed by atoms with van der Waals surface area (Å²) in [5.74, 6) is 1.60. The minimum Gasteiger partial charge on any atom is -0.394 e. The van der Waals surface area contributed by atoms with E-state index < -0.39 is 0 Å². The monoisotopic (exact) mass is 251 g/mol. The SMILES string of the molecule is Cn1ccnc1CNC(C)(CO)C1CCCCC1. The van der Waals surface area contributed by atoms with E-state index in [1.165, 1.54) is 32.1 Å². The lowest BCUT2D eigenvalue weighted by molar-refractivity contribution is 0.0928. The van der Waals surface area contributed by atoms with Crippen molar-refractivity contribution >= 4 is 0 Å². The van der Waals surface area contributed by atoms with E-state index in [1.54, 1.807) is 0 Å². The molecule has 1 aromatic rings. The highest BCUT2D eigenvalue weighted by molar-refractivity contribution is 4.96. The normalized spacial score (nSPS) is 20.8. The predicted molar refractivity (Wildman–Crippen MR) is 72.1 cm³/mol.